The number of halogens is 2. The molecule has 1 N–H and O–H groups in total. The van der Waals surface area contributed by atoms with E-state index in [4.69, 9.17) is 19.6 Å². The molecular weight excluding hydrogens is 457 g/mol. The molecule has 11 heteroatoms. The van der Waals surface area contributed by atoms with Crippen LogP contribution < -0.4 is 19.3 Å². The maximum Gasteiger partial charge on any atom is 0.329 e. The fraction of sp³-hybridized carbons (Fsp3) is 0.375. The third-order valence-electron chi connectivity index (χ3n) is 6.09. The zero-order valence-electron chi connectivity index (χ0n) is 20.0. The second-order valence-corrected chi connectivity index (χ2v) is 8.25. The first-order valence-corrected chi connectivity index (χ1v) is 11.1. The van der Waals surface area contributed by atoms with E-state index in [0.29, 0.717) is 41.3 Å². The number of urea groups is 1. The number of rotatable bonds is 7. The molecule has 1 saturated heterocycles. The number of methoxy groups -OCH3 is 2. The molecule has 2 aromatic rings. The first kappa shape index (κ1) is 24.7. The van der Waals surface area contributed by atoms with Gasteiger partial charge in [-0.15, -0.1) is 5.98 Å². The summed E-state index contributed by atoms with van der Waals surface area (Å²) in [6, 6.07) is 1.92. The molecule has 1 fully saturated rings. The summed E-state index contributed by atoms with van der Waals surface area (Å²) in [7, 11) is 4.32. The van der Waals surface area contributed by atoms with Gasteiger partial charge in [0.25, 0.3) is 0 Å². The largest absolute Gasteiger partial charge is 0.493 e. The monoisotopic (exact) mass is 483 g/mol. The van der Waals surface area contributed by atoms with Crippen molar-refractivity contribution in [2.75, 3.05) is 37.2 Å². The molecule has 0 saturated carbocycles. The van der Waals surface area contributed by atoms with Crippen LogP contribution >= 0.6 is 0 Å². The lowest BCUT2D eigenvalue weighted by Gasteiger charge is -2.40. The molecule has 1 unspecified atom stereocenters. The number of benzene rings is 1. The number of carbonyl (C=O) groups is 1. The first-order chi connectivity index (χ1) is 16.8. The lowest BCUT2D eigenvalue weighted by molar-refractivity contribution is 0.192. The van der Waals surface area contributed by atoms with Crippen molar-refractivity contribution >= 4 is 36.0 Å². The maximum atomic E-state index is 15.3. The summed E-state index contributed by atoms with van der Waals surface area (Å²) in [6.07, 6.45) is 2.14. The fourth-order valence-electron chi connectivity index (χ4n) is 4.37. The molecule has 2 amide bonds. The van der Waals surface area contributed by atoms with Gasteiger partial charge in [0.05, 0.1) is 44.8 Å². The van der Waals surface area contributed by atoms with Crippen molar-refractivity contribution in [2.24, 2.45) is 0 Å². The third-order valence-corrected chi connectivity index (χ3v) is 6.09. The highest BCUT2D eigenvalue weighted by Gasteiger charge is 2.40. The van der Waals surface area contributed by atoms with Gasteiger partial charge in [-0.2, -0.15) is 0 Å². The van der Waals surface area contributed by atoms with Crippen molar-refractivity contribution in [2.45, 2.75) is 32.8 Å². The van der Waals surface area contributed by atoms with Gasteiger partial charge < -0.3 is 19.6 Å². The average Bonchev–Trinajstić information content (AvgIpc) is 3.37. The number of hydrogen-bond acceptors (Lipinski definition) is 6. The predicted octanol–water partition coefficient (Wildman–Crippen LogP) is 4.25. The van der Waals surface area contributed by atoms with E-state index >= 15 is 8.78 Å². The van der Waals surface area contributed by atoms with Gasteiger partial charge in [0.2, 0.25) is 0 Å². The molecule has 2 aliphatic heterocycles. The van der Waals surface area contributed by atoms with E-state index in [9.17, 15) is 4.79 Å². The molecular formula is C24H26BF2N4O4. The van der Waals surface area contributed by atoms with Crippen molar-refractivity contribution < 1.29 is 27.8 Å². The zero-order chi connectivity index (χ0) is 25.3. The molecule has 2 aliphatic rings. The average molecular weight is 483 g/mol. The Hall–Kier alpha value is -3.47. The van der Waals surface area contributed by atoms with E-state index in [1.165, 1.54) is 19.1 Å². The Balaban J connectivity index is 1.88. The van der Waals surface area contributed by atoms with Crippen LogP contribution in [0.5, 0.6) is 11.5 Å². The van der Waals surface area contributed by atoms with Crippen molar-refractivity contribution in [3.8, 4) is 11.5 Å². The molecule has 1 aromatic carbocycles. The number of carbonyl (C=O) groups excluding carboxylic acids is 1. The van der Waals surface area contributed by atoms with E-state index in [0.717, 1.165) is 11.0 Å². The summed E-state index contributed by atoms with van der Waals surface area (Å²) in [4.78, 5) is 20.9. The molecule has 8 nitrogen and oxygen atoms in total. The van der Waals surface area contributed by atoms with E-state index < -0.39 is 23.4 Å². The zero-order valence-corrected chi connectivity index (χ0v) is 20.0. The third kappa shape index (κ3) is 4.36. The second kappa shape index (κ2) is 10.0. The summed E-state index contributed by atoms with van der Waals surface area (Å²) in [5, 5.41) is 8.11. The minimum atomic E-state index is -1.00. The van der Waals surface area contributed by atoms with Gasteiger partial charge in [0, 0.05) is 35.7 Å². The van der Waals surface area contributed by atoms with E-state index in [2.05, 4.69) is 4.98 Å². The lowest BCUT2D eigenvalue weighted by atomic mass is 9.79. The van der Waals surface area contributed by atoms with Gasteiger partial charge in [-0.3, -0.25) is 14.8 Å². The van der Waals surface area contributed by atoms with Gasteiger partial charge in [-0.05, 0) is 19.4 Å². The standard InChI is InChI=1S/C24H26BF2N4O4/c1-13(28)16(9-25-2)17-7-18-14(10-29-17)11-30(24(32)31(18)15-5-6-35-12-15)23-21(26)19(33-3)8-20(34-4)22(23)27/h7-10,15,28H,5-6,11-12H2,1-4H3/b16-9+,28-13?. The van der Waals surface area contributed by atoms with Crippen LogP contribution in [0.3, 0.4) is 0 Å². The molecule has 0 aliphatic carbocycles. The lowest BCUT2D eigenvalue weighted by Crippen LogP contribution is -2.52. The van der Waals surface area contributed by atoms with Gasteiger partial charge in [0.15, 0.2) is 23.1 Å². The molecule has 3 heterocycles. The van der Waals surface area contributed by atoms with Crippen molar-refractivity contribution in [1.29, 1.82) is 5.41 Å². The topological polar surface area (TPSA) is 88.0 Å². The second-order valence-electron chi connectivity index (χ2n) is 8.25. The molecule has 1 radical (unpaired) electrons. The van der Waals surface area contributed by atoms with E-state index in [1.807, 2.05) is 14.1 Å². The van der Waals surface area contributed by atoms with Crippen LogP contribution in [0.2, 0.25) is 6.82 Å². The Bertz CT molecular complexity index is 1170. The molecule has 0 bridgehead atoms. The Morgan fingerprint density at radius 2 is 1.94 bits per heavy atom. The Morgan fingerprint density at radius 1 is 1.26 bits per heavy atom. The normalized spacial score (nSPS) is 17.9. The highest BCUT2D eigenvalue weighted by Crippen LogP contribution is 2.42. The Morgan fingerprint density at radius 3 is 2.49 bits per heavy atom. The van der Waals surface area contributed by atoms with E-state index in [-0.39, 0.29) is 30.7 Å². The van der Waals surface area contributed by atoms with Crippen molar-refractivity contribution in [3.63, 3.8) is 0 Å². The minimum absolute atomic E-state index is 0.113. The van der Waals surface area contributed by atoms with Gasteiger partial charge >= 0.3 is 6.03 Å². The Labute approximate surface area is 203 Å². The van der Waals surface area contributed by atoms with Crippen LogP contribution in [0.25, 0.3) is 5.57 Å². The summed E-state index contributed by atoms with van der Waals surface area (Å²) < 4.78 is 46.3. The summed E-state index contributed by atoms with van der Waals surface area (Å²) in [6.45, 7) is 4.15. The van der Waals surface area contributed by atoms with Gasteiger partial charge in [-0.25, -0.2) is 13.6 Å². The number of aromatic nitrogens is 1. The van der Waals surface area contributed by atoms with Crippen LogP contribution in [0.15, 0.2) is 24.3 Å². The SMILES string of the molecule is C[B]/C=C(\C(C)=N)c1cc2c(cn1)CN(c1c(F)c(OC)cc(OC)c1F)C(=O)N2C1CCOC1. The fourth-order valence-corrected chi connectivity index (χ4v) is 4.37. The minimum Gasteiger partial charge on any atom is -0.493 e. The van der Waals surface area contributed by atoms with Crippen molar-refractivity contribution in [3.05, 3.63) is 47.2 Å². The summed E-state index contributed by atoms with van der Waals surface area (Å²) >= 11 is 0. The molecule has 4 rings (SSSR count). The number of nitrogens with zero attached hydrogens (tertiary/aromatic N) is 3. The predicted molar refractivity (Wildman–Crippen MR) is 130 cm³/mol. The Kier molecular flexibility index (Phi) is 7.06. The van der Waals surface area contributed by atoms with Crippen LogP contribution in [-0.4, -0.2) is 57.5 Å². The number of amides is 2. The number of hydrogen-bond donors (Lipinski definition) is 1. The van der Waals surface area contributed by atoms with Crippen LogP contribution in [0.1, 0.15) is 24.6 Å². The quantitative estimate of drug-likeness (QED) is 0.470. The maximum absolute atomic E-state index is 15.3. The highest BCUT2D eigenvalue weighted by molar-refractivity contribution is 6.45. The number of fused-ring (bicyclic) bond motifs is 1. The highest BCUT2D eigenvalue weighted by atomic mass is 19.1. The molecule has 183 valence electrons. The van der Waals surface area contributed by atoms with Gasteiger partial charge in [0.1, 0.15) is 13.0 Å². The van der Waals surface area contributed by atoms with E-state index in [1.54, 1.807) is 25.2 Å². The first-order valence-electron chi connectivity index (χ1n) is 11.1. The number of ether oxygens (including phenoxy) is 3. The molecule has 1 aromatic heterocycles. The van der Waals surface area contributed by atoms with Gasteiger partial charge in [-0.1, -0.05) is 6.82 Å². The summed E-state index contributed by atoms with van der Waals surface area (Å²) in [5.74, 6) is -0.707. The number of allylic oxidation sites excluding steroid dienone is 1. The van der Waals surface area contributed by atoms with Crippen LogP contribution in [-0.2, 0) is 11.3 Å². The summed E-state index contributed by atoms with van der Waals surface area (Å²) in [5.41, 5.74) is 2.08. The molecule has 35 heavy (non-hydrogen) atoms. The van der Waals surface area contributed by atoms with Crippen LogP contribution in [0.4, 0.5) is 25.0 Å². The molecule has 0 spiro atoms. The number of pyridine rings is 1. The molecule has 1 atom stereocenters. The van der Waals surface area contributed by atoms with Crippen LogP contribution in [0, 0.1) is 17.0 Å². The smallest absolute Gasteiger partial charge is 0.329 e. The number of anilines is 2. The van der Waals surface area contributed by atoms with Crippen molar-refractivity contribution in [1.82, 2.24) is 4.98 Å². The number of nitrogens with one attached hydrogen (secondary N) is 1.